The van der Waals surface area contributed by atoms with Gasteiger partial charge >= 0.3 is 0 Å². The molecule has 0 aromatic heterocycles. The van der Waals surface area contributed by atoms with Crippen molar-refractivity contribution in [1.29, 1.82) is 0 Å². The molecule has 1 aliphatic rings. The summed E-state index contributed by atoms with van der Waals surface area (Å²) in [6.07, 6.45) is 6.14. The fourth-order valence-corrected chi connectivity index (χ4v) is 3.63. The fourth-order valence-electron chi connectivity index (χ4n) is 3.36. The molecule has 2 aromatic rings. The quantitative estimate of drug-likeness (QED) is 0.500. The number of rotatable bonds is 8. The van der Waals surface area contributed by atoms with Crippen LogP contribution >= 0.6 is 12.2 Å². The zero-order chi connectivity index (χ0) is 22.1. The van der Waals surface area contributed by atoms with Crippen LogP contribution in [0, 0.1) is 12.3 Å². The molecule has 1 atom stereocenters. The normalized spacial score (nSPS) is 15.6. The number of nitrogens with one attached hydrogen (secondary N) is 1. The molecule has 3 rings (SSSR count). The maximum atomic E-state index is 5.87. The third kappa shape index (κ3) is 6.51. The van der Waals surface area contributed by atoms with Gasteiger partial charge in [0, 0.05) is 25.2 Å². The van der Waals surface area contributed by atoms with Crippen LogP contribution in [-0.4, -0.2) is 63.2 Å². The predicted molar refractivity (Wildman–Crippen MR) is 125 cm³/mol. The van der Waals surface area contributed by atoms with Crippen LogP contribution in [0.5, 0.6) is 17.2 Å². The number of ether oxygens (including phenoxy) is 4. The Hall–Kier alpha value is -2.95. The van der Waals surface area contributed by atoms with Gasteiger partial charge in [0.05, 0.1) is 20.8 Å². The summed E-state index contributed by atoms with van der Waals surface area (Å²) in [5.74, 6) is 5.00. The first-order chi connectivity index (χ1) is 15.1. The zero-order valence-electron chi connectivity index (χ0n) is 17.9. The molecule has 2 aromatic carbocycles. The highest BCUT2D eigenvalue weighted by Crippen LogP contribution is 2.24. The first kappa shape index (κ1) is 22.7. The molecule has 164 valence electrons. The first-order valence-electron chi connectivity index (χ1n) is 10.2. The smallest absolute Gasteiger partial charge is 0.169 e. The molecule has 7 heteroatoms. The molecule has 1 saturated heterocycles. The van der Waals surface area contributed by atoms with Crippen LogP contribution in [0.1, 0.15) is 11.1 Å². The minimum atomic E-state index is -0.0681. The second kappa shape index (κ2) is 11.4. The molecule has 0 spiro atoms. The molecule has 31 heavy (non-hydrogen) atoms. The summed E-state index contributed by atoms with van der Waals surface area (Å²) in [4.78, 5) is 2.12. The molecule has 1 heterocycles. The van der Waals surface area contributed by atoms with Crippen LogP contribution in [0.4, 0.5) is 0 Å². The summed E-state index contributed by atoms with van der Waals surface area (Å²) in [5.41, 5.74) is 1.86. The van der Waals surface area contributed by atoms with Crippen molar-refractivity contribution in [2.45, 2.75) is 12.5 Å². The molecule has 1 fully saturated rings. The van der Waals surface area contributed by atoms with Crippen LogP contribution < -0.4 is 19.5 Å². The number of morpholine rings is 1. The van der Waals surface area contributed by atoms with Crippen LogP contribution in [-0.2, 0) is 11.2 Å². The molecule has 0 radical (unpaired) electrons. The molecule has 0 bridgehead atoms. The molecular weight excluding hydrogens is 412 g/mol. The monoisotopic (exact) mass is 440 g/mol. The van der Waals surface area contributed by atoms with Crippen molar-refractivity contribution < 1.29 is 18.9 Å². The van der Waals surface area contributed by atoms with E-state index in [0.717, 1.165) is 41.3 Å². The van der Waals surface area contributed by atoms with Gasteiger partial charge in [0.25, 0.3) is 0 Å². The largest absolute Gasteiger partial charge is 0.497 e. The Labute approximate surface area is 189 Å². The lowest BCUT2D eigenvalue weighted by Crippen LogP contribution is -2.51. The summed E-state index contributed by atoms with van der Waals surface area (Å²) < 4.78 is 22.5. The van der Waals surface area contributed by atoms with E-state index in [2.05, 4.69) is 16.1 Å². The van der Waals surface area contributed by atoms with Crippen LogP contribution in [0.2, 0.25) is 0 Å². The highest BCUT2D eigenvalue weighted by molar-refractivity contribution is 7.80. The van der Waals surface area contributed by atoms with Crippen molar-refractivity contribution >= 4 is 17.3 Å². The minimum Gasteiger partial charge on any atom is -0.497 e. The van der Waals surface area contributed by atoms with Gasteiger partial charge in [-0.05, 0) is 60.6 Å². The highest BCUT2D eigenvalue weighted by atomic mass is 32.1. The average Bonchev–Trinajstić information content (AvgIpc) is 2.82. The van der Waals surface area contributed by atoms with Gasteiger partial charge in [-0.2, -0.15) is 0 Å². The maximum Gasteiger partial charge on any atom is 0.169 e. The molecule has 0 aliphatic carbocycles. The lowest BCUT2D eigenvalue weighted by atomic mass is 10.1. The van der Waals surface area contributed by atoms with Crippen molar-refractivity contribution in [2.75, 3.05) is 47.1 Å². The maximum absolute atomic E-state index is 5.87. The highest BCUT2D eigenvalue weighted by Gasteiger charge is 2.23. The Kier molecular flexibility index (Phi) is 8.39. The van der Waals surface area contributed by atoms with Gasteiger partial charge in [0.1, 0.15) is 30.0 Å². The number of methoxy groups -OCH3 is 2. The summed E-state index contributed by atoms with van der Waals surface area (Å²) >= 11 is 5.60. The van der Waals surface area contributed by atoms with E-state index < -0.39 is 0 Å². The van der Waals surface area contributed by atoms with Gasteiger partial charge < -0.3 is 29.2 Å². The van der Waals surface area contributed by atoms with Gasteiger partial charge in [-0.15, -0.1) is 6.42 Å². The number of benzene rings is 2. The average molecular weight is 441 g/mol. The number of thiocarbonyl (C=S) groups is 1. The Morgan fingerprint density at radius 3 is 2.87 bits per heavy atom. The Balaban J connectivity index is 1.47. The van der Waals surface area contributed by atoms with Crippen molar-refractivity contribution in [3.8, 4) is 29.6 Å². The fraction of sp³-hybridized carbons (Fsp3) is 0.375. The van der Waals surface area contributed by atoms with E-state index in [1.54, 1.807) is 14.2 Å². The molecule has 0 amide bonds. The Morgan fingerprint density at radius 1 is 1.23 bits per heavy atom. The second-order valence-electron chi connectivity index (χ2n) is 7.08. The van der Waals surface area contributed by atoms with Gasteiger partial charge in [-0.3, -0.25) is 0 Å². The van der Waals surface area contributed by atoms with Crippen LogP contribution in [0.3, 0.4) is 0 Å². The minimum absolute atomic E-state index is 0.0681. The predicted octanol–water partition coefficient (Wildman–Crippen LogP) is 2.88. The number of terminal acetylenes is 1. The van der Waals surface area contributed by atoms with Crippen LogP contribution in [0.15, 0.2) is 42.5 Å². The van der Waals surface area contributed by atoms with E-state index in [4.69, 9.17) is 37.6 Å². The molecule has 0 saturated carbocycles. The SMILES string of the molecule is C#Cc1cccc(OCC2CN(C(=S)NCCc3cc(OC)ccc3OC)CCO2)c1. The van der Waals surface area contributed by atoms with E-state index >= 15 is 0 Å². The molecular formula is C24H28N2O4S. The summed E-state index contributed by atoms with van der Waals surface area (Å²) in [6, 6.07) is 13.3. The number of hydrogen-bond acceptors (Lipinski definition) is 5. The van der Waals surface area contributed by atoms with Crippen molar-refractivity contribution in [2.24, 2.45) is 0 Å². The third-order valence-corrected chi connectivity index (χ3v) is 5.42. The van der Waals surface area contributed by atoms with E-state index in [1.807, 2.05) is 42.5 Å². The lowest BCUT2D eigenvalue weighted by Gasteiger charge is -2.34. The third-order valence-electron chi connectivity index (χ3n) is 5.02. The van der Waals surface area contributed by atoms with Gasteiger partial charge in [0.2, 0.25) is 0 Å². The zero-order valence-corrected chi connectivity index (χ0v) is 18.7. The van der Waals surface area contributed by atoms with Crippen molar-refractivity contribution in [3.63, 3.8) is 0 Å². The van der Waals surface area contributed by atoms with Gasteiger partial charge in [-0.25, -0.2) is 0 Å². The van der Waals surface area contributed by atoms with Gasteiger partial charge in [-0.1, -0.05) is 12.0 Å². The van der Waals surface area contributed by atoms with E-state index in [9.17, 15) is 0 Å². The Bertz CT molecular complexity index is 928. The van der Waals surface area contributed by atoms with E-state index in [1.165, 1.54) is 0 Å². The van der Waals surface area contributed by atoms with Crippen LogP contribution in [0.25, 0.3) is 0 Å². The Morgan fingerprint density at radius 2 is 2.10 bits per heavy atom. The first-order valence-corrected chi connectivity index (χ1v) is 10.6. The number of nitrogens with zero attached hydrogens (tertiary/aromatic N) is 1. The lowest BCUT2D eigenvalue weighted by molar-refractivity contribution is -0.0287. The molecule has 6 nitrogen and oxygen atoms in total. The van der Waals surface area contributed by atoms with Crippen molar-refractivity contribution in [3.05, 3.63) is 53.6 Å². The second-order valence-corrected chi connectivity index (χ2v) is 7.47. The van der Waals surface area contributed by atoms with Gasteiger partial charge in [0.15, 0.2) is 5.11 Å². The molecule has 1 aliphatic heterocycles. The van der Waals surface area contributed by atoms with E-state index in [0.29, 0.717) is 31.4 Å². The summed E-state index contributed by atoms with van der Waals surface area (Å²) in [6.45, 7) is 3.15. The molecule has 1 N–H and O–H groups in total. The summed E-state index contributed by atoms with van der Waals surface area (Å²) in [5, 5.41) is 4.05. The summed E-state index contributed by atoms with van der Waals surface area (Å²) in [7, 11) is 3.32. The molecule has 1 unspecified atom stereocenters. The van der Waals surface area contributed by atoms with E-state index in [-0.39, 0.29) is 6.10 Å². The topological polar surface area (TPSA) is 52.2 Å². The standard InChI is InChI=1S/C24H28N2O4S/c1-4-18-6-5-7-21(14-18)30-17-22-16-26(12-13-29-22)24(31)25-11-10-19-15-20(27-2)8-9-23(19)28-3/h1,5-9,14-15,22H,10-13,16-17H2,2-3H3,(H,25,31). The van der Waals surface area contributed by atoms with Crippen molar-refractivity contribution in [1.82, 2.24) is 10.2 Å². The number of hydrogen-bond donors (Lipinski definition) is 1.